The van der Waals surface area contributed by atoms with Crippen molar-refractivity contribution in [3.63, 3.8) is 0 Å². The number of hydrogen-bond acceptors (Lipinski definition) is 11. The van der Waals surface area contributed by atoms with Crippen molar-refractivity contribution in [3.8, 4) is 0 Å². The normalized spacial score (nSPS) is 28.2. The van der Waals surface area contributed by atoms with Crippen LogP contribution < -0.4 is 42.5 Å². The Morgan fingerprint density at radius 1 is 0.519 bits per heavy atom. The van der Waals surface area contributed by atoms with Crippen LogP contribution in [0.3, 0.4) is 0 Å². The molecule has 434 valence electrons. The van der Waals surface area contributed by atoms with Gasteiger partial charge < -0.3 is 57.6 Å². The molecule has 2 saturated heterocycles. The summed E-state index contributed by atoms with van der Waals surface area (Å²) in [6, 6.07) is 0.0613. The molecule has 2 heterocycles. The van der Waals surface area contributed by atoms with Crippen LogP contribution in [0.1, 0.15) is 154 Å². The van der Waals surface area contributed by atoms with E-state index in [2.05, 4.69) is 42.5 Å². The largest absolute Gasteiger partial charge is 0.393 e. The summed E-state index contributed by atoms with van der Waals surface area (Å²) < 4.78 is 0. The van der Waals surface area contributed by atoms with E-state index in [1.54, 1.807) is 85.7 Å². The summed E-state index contributed by atoms with van der Waals surface area (Å²) >= 11 is 0. The zero-order valence-electron chi connectivity index (χ0n) is 48.5. The van der Waals surface area contributed by atoms with Crippen molar-refractivity contribution < 1.29 is 53.4 Å². The highest BCUT2D eigenvalue weighted by atomic mass is 16.3. The second kappa shape index (κ2) is 29.9. The van der Waals surface area contributed by atoms with E-state index in [0.29, 0.717) is 24.8 Å². The first kappa shape index (κ1) is 65.7. The van der Waals surface area contributed by atoms with E-state index >= 15 is 4.79 Å². The number of hydrogen-bond donors (Lipinski definition) is 10. The fourth-order valence-corrected chi connectivity index (χ4v) is 10.3. The van der Waals surface area contributed by atoms with E-state index in [1.165, 1.54) is 4.90 Å². The van der Waals surface area contributed by atoms with Crippen LogP contribution in [0.15, 0.2) is 30.3 Å². The third-order valence-corrected chi connectivity index (χ3v) is 14.9. The number of rotatable bonds is 17. The van der Waals surface area contributed by atoms with Gasteiger partial charge in [0.1, 0.15) is 53.4 Å². The van der Waals surface area contributed by atoms with Gasteiger partial charge >= 0.3 is 0 Å². The number of amides is 9. The van der Waals surface area contributed by atoms with Crippen LogP contribution in [-0.2, 0) is 49.6 Å². The summed E-state index contributed by atoms with van der Waals surface area (Å²) in [4.78, 5) is 134. The van der Waals surface area contributed by atoms with Crippen LogP contribution >= 0.6 is 0 Å². The molecule has 2 aliphatic heterocycles. The minimum absolute atomic E-state index is 0.0621. The first-order valence-electron chi connectivity index (χ1n) is 28.1. The fourth-order valence-electron chi connectivity index (χ4n) is 10.3. The molecule has 1 aromatic rings. The molecule has 1 aromatic carbocycles. The Labute approximate surface area is 457 Å². The number of fused-ring (bicyclic) bond motifs is 1. The van der Waals surface area contributed by atoms with Crippen molar-refractivity contribution in [1.29, 1.82) is 0 Å². The van der Waals surface area contributed by atoms with Crippen molar-refractivity contribution in [2.75, 3.05) is 19.8 Å². The lowest BCUT2D eigenvalue weighted by Crippen LogP contribution is -2.68. The highest BCUT2D eigenvalue weighted by molar-refractivity contribution is 6.01. The maximum absolute atomic E-state index is 15.1. The lowest BCUT2D eigenvalue weighted by molar-refractivity contribution is -0.149. The molecule has 9 amide bonds. The van der Waals surface area contributed by atoms with Crippen molar-refractivity contribution in [2.24, 2.45) is 41.4 Å². The SMILES string of the molecule is CC[C@H](C)[C@@H]1NC(=O)[C@H](CC(C)C)NC(=O)[C@](CO)(CC(C)C)NC(=O)[C@H](Cc2ccccc2)NC(=O)[C@@H]2CCCN2C(=O)[C@](CO)(CC(C)C)NC(=O)[C@H](C(C)C)NC(=O)[C@H](CC(C)C)NC(=O)[C@H]([C@@H](C)CC)NC1=O. The molecular weight excluding hydrogens is 987 g/mol. The number of nitrogens with one attached hydrogen (secondary N) is 8. The average Bonchev–Trinajstić information content (AvgIpc) is 3.86. The Balaban J connectivity index is 2.35. The number of carbonyl (C=O) groups is 9. The van der Waals surface area contributed by atoms with E-state index in [1.807, 2.05) is 41.5 Å². The van der Waals surface area contributed by atoms with Gasteiger partial charge in [0.2, 0.25) is 47.3 Å². The predicted molar refractivity (Wildman–Crippen MR) is 294 cm³/mol. The van der Waals surface area contributed by atoms with E-state index in [0.717, 1.165) is 0 Å². The molecule has 2 fully saturated rings. The topological polar surface area (TPSA) is 294 Å². The number of carbonyl (C=O) groups excluding carboxylic acids is 9. The van der Waals surface area contributed by atoms with Gasteiger partial charge in [-0.25, -0.2) is 0 Å². The van der Waals surface area contributed by atoms with Crippen molar-refractivity contribution in [1.82, 2.24) is 47.4 Å². The van der Waals surface area contributed by atoms with Gasteiger partial charge in [0.25, 0.3) is 5.91 Å². The number of aliphatic hydroxyl groups is 2. The third-order valence-electron chi connectivity index (χ3n) is 14.9. The van der Waals surface area contributed by atoms with E-state index in [-0.39, 0.29) is 68.7 Å². The number of benzene rings is 1. The first-order chi connectivity index (χ1) is 36.1. The molecule has 0 bridgehead atoms. The Hall–Kier alpha value is -5.63. The minimum Gasteiger partial charge on any atom is -0.393 e. The van der Waals surface area contributed by atoms with Crippen molar-refractivity contribution in [3.05, 3.63) is 35.9 Å². The summed E-state index contributed by atoms with van der Waals surface area (Å²) in [7, 11) is 0. The van der Waals surface area contributed by atoms with Gasteiger partial charge in [-0.3, -0.25) is 43.2 Å². The maximum Gasteiger partial charge on any atom is 0.251 e. The quantitative estimate of drug-likeness (QED) is 0.108. The zero-order chi connectivity index (χ0) is 58.1. The van der Waals surface area contributed by atoms with Crippen LogP contribution in [-0.4, -0.2) is 141 Å². The number of aliphatic hydroxyl groups excluding tert-OH is 2. The molecule has 0 aromatic heterocycles. The van der Waals surface area contributed by atoms with E-state index in [9.17, 15) is 48.6 Å². The van der Waals surface area contributed by atoms with Gasteiger partial charge in [0, 0.05) is 13.0 Å². The molecule has 10 N–H and O–H groups in total. The third kappa shape index (κ3) is 18.2. The van der Waals surface area contributed by atoms with Gasteiger partial charge in [0.05, 0.1) is 13.2 Å². The molecule has 2 aliphatic rings. The van der Waals surface area contributed by atoms with Gasteiger partial charge in [-0.15, -0.1) is 0 Å². The monoisotopic (exact) mass is 1080 g/mol. The predicted octanol–water partition coefficient (Wildman–Crippen LogP) is 2.77. The Kier molecular flexibility index (Phi) is 25.5. The van der Waals surface area contributed by atoms with Crippen LogP contribution in [0.5, 0.6) is 0 Å². The molecule has 0 spiro atoms. The molecular formula is C57H95N9O11. The molecule has 77 heavy (non-hydrogen) atoms. The second-order valence-electron chi connectivity index (χ2n) is 23.9. The van der Waals surface area contributed by atoms with Gasteiger partial charge in [-0.1, -0.05) is 140 Å². The summed E-state index contributed by atoms with van der Waals surface area (Å²) in [5, 5.41) is 45.1. The lowest BCUT2D eigenvalue weighted by atomic mass is 9.86. The number of nitrogens with zero attached hydrogens (tertiary/aromatic N) is 1. The van der Waals surface area contributed by atoms with Crippen LogP contribution in [0.4, 0.5) is 0 Å². The zero-order valence-corrected chi connectivity index (χ0v) is 48.5. The molecule has 11 atom stereocenters. The van der Waals surface area contributed by atoms with Crippen molar-refractivity contribution >= 4 is 53.2 Å². The Morgan fingerprint density at radius 2 is 0.974 bits per heavy atom. The smallest absolute Gasteiger partial charge is 0.251 e. The molecule has 3 rings (SSSR count). The molecule has 20 nitrogen and oxygen atoms in total. The summed E-state index contributed by atoms with van der Waals surface area (Å²) in [6.07, 6.45) is 1.32. The molecule has 0 saturated carbocycles. The summed E-state index contributed by atoms with van der Waals surface area (Å²) in [6.45, 7) is 23.5. The maximum atomic E-state index is 15.1. The molecule has 0 unspecified atom stereocenters. The average molecular weight is 1080 g/mol. The van der Waals surface area contributed by atoms with Gasteiger partial charge in [-0.2, -0.15) is 0 Å². The van der Waals surface area contributed by atoms with E-state index < -0.39 is 138 Å². The first-order valence-corrected chi connectivity index (χ1v) is 28.1. The summed E-state index contributed by atoms with van der Waals surface area (Å²) in [5.41, 5.74) is -3.39. The minimum atomic E-state index is -2.04. The van der Waals surface area contributed by atoms with Gasteiger partial charge in [0.15, 0.2) is 0 Å². The Bertz CT molecular complexity index is 2170. The van der Waals surface area contributed by atoms with Crippen LogP contribution in [0.25, 0.3) is 0 Å². The Morgan fingerprint density at radius 3 is 1.45 bits per heavy atom. The van der Waals surface area contributed by atoms with Crippen LogP contribution in [0, 0.1) is 41.4 Å². The lowest BCUT2D eigenvalue weighted by Gasteiger charge is -2.39. The molecule has 0 radical (unpaired) electrons. The summed E-state index contributed by atoms with van der Waals surface area (Å²) in [5.74, 6) is -9.26. The van der Waals surface area contributed by atoms with Gasteiger partial charge in [-0.05, 0) is 85.5 Å². The molecule has 20 heteroatoms. The standard InChI is InChI=1S/C57H95N9O11/c1-15-37(13)45-51(73)59-40(25-32(3)4)47(69)61-44(36(11)12)53(75)65-57(31-68,29-35(9)10)55(77)66-24-20-23-43(66)50(72)58-42(27-39-21-18-17-19-22-39)49(71)64-56(30-67,28-34(7)8)54(76)60-41(26-33(5)6)48(70)62-46(38(14)16-2)52(74)63-45/h17-19,21-22,32-38,40-46,67-68H,15-16,20,23-31H2,1-14H3,(H,58,72)(H,59,73)(H,60,76)(H,61,69)(H,62,70)(H,63,74)(H,64,71)(H,65,75)/t37-,38-,40-,41-,42-,43-,44-,45-,46-,56+,57+/m0/s1. The fraction of sp³-hybridized carbons (Fsp3) is 0.737. The van der Waals surface area contributed by atoms with Crippen LogP contribution in [0.2, 0.25) is 0 Å². The van der Waals surface area contributed by atoms with Crippen molar-refractivity contribution in [2.45, 2.75) is 208 Å². The molecule has 0 aliphatic carbocycles. The van der Waals surface area contributed by atoms with E-state index in [4.69, 9.17) is 0 Å². The second-order valence-corrected chi connectivity index (χ2v) is 23.9. The highest BCUT2D eigenvalue weighted by Crippen LogP contribution is 2.28. The highest BCUT2D eigenvalue weighted by Gasteiger charge is 2.50.